The van der Waals surface area contributed by atoms with Crippen LogP contribution in [0.3, 0.4) is 0 Å². The van der Waals surface area contributed by atoms with Crippen molar-refractivity contribution in [2.24, 2.45) is 4.99 Å². The van der Waals surface area contributed by atoms with Crippen LogP contribution in [-0.4, -0.2) is 6.21 Å². The summed E-state index contributed by atoms with van der Waals surface area (Å²) < 4.78 is 0. The lowest BCUT2D eigenvalue weighted by Crippen LogP contribution is -2.19. The van der Waals surface area contributed by atoms with Crippen LogP contribution in [0.5, 0.6) is 0 Å². The highest BCUT2D eigenvalue weighted by Gasteiger charge is 2.29. The highest BCUT2D eigenvalue weighted by atomic mass is 14.8. The number of benzene rings is 1. The second-order valence-corrected chi connectivity index (χ2v) is 4.00. The molecule has 1 aliphatic rings. The number of aryl methyl sites for hydroxylation is 1. The van der Waals surface area contributed by atoms with Crippen molar-refractivity contribution in [3.8, 4) is 0 Å². The van der Waals surface area contributed by atoms with Gasteiger partial charge in [0, 0.05) is 11.6 Å². The first-order valence-electron chi connectivity index (χ1n) is 4.83. The second kappa shape index (κ2) is 2.69. The molecular weight excluding hydrogens is 158 g/mol. The topological polar surface area (TPSA) is 12.4 Å². The fraction of sp³-hybridized carbons (Fsp3) is 0.417. The van der Waals surface area contributed by atoms with Crippen LogP contribution in [0.2, 0.25) is 0 Å². The van der Waals surface area contributed by atoms with Crippen molar-refractivity contribution in [3.63, 3.8) is 0 Å². The van der Waals surface area contributed by atoms with Crippen LogP contribution < -0.4 is 0 Å². The normalized spacial score (nSPS) is 24.8. The number of rotatable bonds is 1. The van der Waals surface area contributed by atoms with Crippen LogP contribution >= 0.6 is 0 Å². The number of hydrogen-bond donors (Lipinski definition) is 0. The van der Waals surface area contributed by atoms with Crippen molar-refractivity contribution in [2.75, 3.05) is 0 Å². The third-order valence-electron chi connectivity index (χ3n) is 3.07. The van der Waals surface area contributed by atoms with Gasteiger partial charge >= 0.3 is 0 Å². The van der Waals surface area contributed by atoms with E-state index < -0.39 is 0 Å². The molecule has 2 rings (SSSR count). The summed E-state index contributed by atoms with van der Waals surface area (Å²) in [6, 6.07) is 6.44. The van der Waals surface area contributed by atoms with Gasteiger partial charge in [-0.05, 0) is 24.5 Å². The van der Waals surface area contributed by atoms with Gasteiger partial charge in [-0.25, -0.2) is 0 Å². The van der Waals surface area contributed by atoms with E-state index in [1.807, 2.05) is 0 Å². The minimum atomic E-state index is 0.168. The summed E-state index contributed by atoms with van der Waals surface area (Å²) in [6.45, 7) is 6.59. The molecule has 0 aromatic heterocycles. The number of fused-ring (bicyclic) bond motifs is 1. The average molecular weight is 173 g/mol. The van der Waals surface area contributed by atoms with Crippen LogP contribution in [0.25, 0.3) is 0 Å². The van der Waals surface area contributed by atoms with Gasteiger partial charge < -0.3 is 0 Å². The molecule has 0 saturated heterocycles. The minimum absolute atomic E-state index is 0.168. The van der Waals surface area contributed by atoms with Gasteiger partial charge in [-0.15, -0.1) is 0 Å². The van der Waals surface area contributed by atoms with Crippen molar-refractivity contribution < 1.29 is 0 Å². The van der Waals surface area contributed by atoms with Crippen molar-refractivity contribution in [3.05, 3.63) is 29.3 Å². The molecule has 0 N–H and O–H groups in total. The molecule has 0 unspecified atom stereocenters. The molecule has 68 valence electrons. The van der Waals surface area contributed by atoms with E-state index in [1.165, 1.54) is 16.8 Å². The first-order valence-corrected chi connectivity index (χ1v) is 4.83. The van der Waals surface area contributed by atoms with Crippen molar-refractivity contribution in [1.82, 2.24) is 0 Å². The maximum absolute atomic E-state index is 4.50. The predicted octanol–water partition coefficient (Wildman–Crippen LogP) is 3.38. The lowest BCUT2D eigenvalue weighted by molar-refractivity contribution is 0.638. The summed E-state index contributed by atoms with van der Waals surface area (Å²) in [5.41, 5.74) is 4.02. The van der Waals surface area contributed by atoms with Gasteiger partial charge in [-0.3, -0.25) is 4.99 Å². The van der Waals surface area contributed by atoms with Gasteiger partial charge in [0.2, 0.25) is 0 Å². The molecule has 0 amide bonds. The first-order chi connectivity index (χ1) is 6.17. The van der Waals surface area contributed by atoms with E-state index in [9.17, 15) is 0 Å². The Hall–Kier alpha value is -1.11. The molecule has 0 saturated carbocycles. The summed E-state index contributed by atoms with van der Waals surface area (Å²) in [5, 5.41) is 0. The molecule has 0 fully saturated rings. The summed E-state index contributed by atoms with van der Waals surface area (Å²) in [6.07, 6.45) is 3.21. The van der Waals surface area contributed by atoms with Crippen molar-refractivity contribution in [2.45, 2.75) is 32.6 Å². The zero-order valence-corrected chi connectivity index (χ0v) is 8.46. The lowest BCUT2D eigenvalue weighted by atomic mass is 9.82. The molecule has 0 aliphatic carbocycles. The maximum atomic E-state index is 4.50. The lowest BCUT2D eigenvalue weighted by Gasteiger charge is -2.20. The van der Waals surface area contributed by atoms with Crippen LogP contribution in [0.15, 0.2) is 23.2 Å². The molecular formula is C12H15N. The van der Waals surface area contributed by atoms with E-state index in [1.54, 1.807) is 0 Å². The monoisotopic (exact) mass is 173 g/mol. The van der Waals surface area contributed by atoms with Gasteiger partial charge in [0.25, 0.3) is 0 Å². The van der Waals surface area contributed by atoms with Gasteiger partial charge in [-0.1, -0.05) is 32.0 Å². The summed E-state index contributed by atoms with van der Waals surface area (Å²) in [5.74, 6) is 0. The molecule has 1 aromatic rings. The molecule has 1 nitrogen and oxygen atoms in total. The fourth-order valence-corrected chi connectivity index (χ4v) is 1.85. The standard InChI is InChI=1S/C12H15N/c1-4-12(3)8-13-11-9(2)6-5-7-10(11)12/h5-8H,4H2,1-3H3/t12-/m0/s1. The zero-order chi connectivity index (χ0) is 9.47. The van der Waals surface area contributed by atoms with E-state index in [4.69, 9.17) is 0 Å². The minimum Gasteiger partial charge on any atom is -0.260 e. The Morgan fingerprint density at radius 2 is 2.15 bits per heavy atom. The van der Waals surface area contributed by atoms with Crippen LogP contribution in [-0.2, 0) is 5.41 Å². The average Bonchev–Trinajstić information content (AvgIpc) is 2.47. The molecule has 13 heavy (non-hydrogen) atoms. The highest BCUT2D eigenvalue weighted by molar-refractivity contribution is 5.85. The SMILES string of the molecule is CC[C@@]1(C)C=Nc2c(C)cccc21. The summed E-state index contributed by atoms with van der Waals surface area (Å²) >= 11 is 0. The molecule has 0 bridgehead atoms. The van der Waals surface area contributed by atoms with E-state index in [0.717, 1.165) is 6.42 Å². The number of nitrogens with zero attached hydrogens (tertiary/aromatic N) is 1. The van der Waals surface area contributed by atoms with E-state index in [-0.39, 0.29) is 5.41 Å². The number of hydrogen-bond acceptors (Lipinski definition) is 1. The predicted molar refractivity (Wildman–Crippen MR) is 57.0 cm³/mol. The first kappa shape index (κ1) is 8.49. The third kappa shape index (κ3) is 1.11. The van der Waals surface area contributed by atoms with Crippen molar-refractivity contribution >= 4 is 11.9 Å². The molecule has 1 aromatic carbocycles. The number of aliphatic imine (C=N–C) groups is 1. The molecule has 1 aliphatic heterocycles. The molecule has 1 atom stereocenters. The van der Waals surface area contributed by atoms with Gasteiger partial charge in [-0.2, -0.15) is 0 Å². The second-order valence-electron chi connectivity index (χ2n) is 4.00. The largest absolute Gasteiger partial charge is 0.260 e. The molecule has 0 spiro atoms. The Balaban J connectivity index is 2.61. The quantitative estimate of drug-likeness (QED) is 0.617. The number of para-hydroxylation sites is 1. The molecule has 1 heteroatoms. The Labute approximate surface area is 79.5 Å². The Morgan fingerprint density at radius 1 is 1.38 bits per heavy atom. The molecule has 1 heterocycles. The Bertz CT molecular complexity index is 365. The summed E-state index contributed by atoms with van der Waals surface area (Å²) in [4.78, 5) is 4.50. The smallest absolute Gasteiger partial charge is 0.0696 e. The van der Waals surface area contributed by atoms with Crippen LogP contribution in [0, 0.1) is 6.92 Å². The van der Waals surface area contributed by atoms with Crippen LogP contribution in [0.1, 0.15) is 31.4 Å². The Kier molecular flexibility index (Phi) is 1.76. The Morgan fingerprint density at radius 3 is 2.85 bits per heavy atom. The van der Waals surface area contributed by atoms with Gasteiger partial charge in [0.1, 0.15) is 0 Å². The van der Waals surface area contributed by atoms with Crippen molar-refractivity contribution in [1.29, 1.82) is 0 Å². The summed E-state index contributed by atoms with van der Waals surface area (Å²) in [7, 11) is 0. The zero-order valence-electron chi connectivity index (χ0n) is 8.46. The maximum Gasteiger partial charge on any atom is 0.0696 e. The van der Waals surface area contributed by atoms with E-state index >= 15 is 0 Å². The van der Waals surface area contributed by atoms with Gasteiger partial charge in [0.05, 0.1) is 5.69 Å². The highest BCUT2D eigenvalue weighted by Crippen LogP contribution is 2.40. The fourth-order valence-electron chi connectivity index (χ4n) is 1.85. The van der Waals surface area contributed by atoms with Gasteiger partial charge in [0.15, 0.2) is 0 Å². The van der Waals surface area contributed by atoms with E-state index in [0.29, 0.717) is 0 Å². The third-order valence-corrected chi connectivity index (χ3v) is 3.07. The molecule has 0 radical (unpaired) electrons. The van der Waals surface area contributed by atoms with E-state index in [2.05, 4.69) is 50.2 Å². The van der Waals surface area contributed by atoms with Crippen LogP contribution in [0.4, 0.5) is 5.69 Å².